The van der Waals surface area contributed by atoms with Crippen LogP contribution in [-0.2, 0) is 22.6 Å². The molecule has 2 heterocycles. The largest absolute Gasteiger partial charge is 0.455 e. The van der Waals surface area contributed by atoms with Gasteiger partial charge in [-0.1, -0.05) is 47.6 Å². The molecule has 0 spiro atoms. The second-order valence-electron chi connectivity index (χ2n) is 5.87. The second-order valence-corrected chi connectivity index (χ2v) is 6.73. The standard InChI is InChI=1S/C20H14FN3O3S/c21-15-8-4-7-14(9-15)20-22-16(12-28-20)10-18(25)26-11-17-23-19(24-27-17)13-5-2-1-3-6-13/h1-9,12H,10-11H2. The molecule has 0 aliphatic heterocycles. The maximum Gasteiger partial charge on any atom is 0.312 e. The molecule has 2 aromatic heterocycles. The summed E-state index contributed by atoms with van der Waals surface area (Å²) in [6.07, 6.45) is 0.00545. The van der Waals surface area contributed by atoms with Crippen LogP contribution in [0.5, 0.6) is 0 Å². The molecule has 0 amide bonds. The summed E-state index contributed by atoms with van der Waals surface area (Å²) in [5.41, 5.74) is 2.05. The van der Waals surface area contributed by atoms with Gasteiger partial charge in [0.05, 0.1) is 12.1 Å². The molecule has 0 aliphatic carbocycles. The number of halogens is 1. The number of aromatic nitrogens is 3. The minimum Gasteiger partial charge on any atom is -0.455 e. The van der Waals surface area contributed by atoms with Gasteiger partial charge in [0.2, 0.25) is 5.82 Å². The highest BCUT2D eigenvalue weighted by atomic mass is 32.1. The van der Waals surface area contributed by atoms with Crippen molar-refractivity contribution in [1.82, 2.24) is 15.1 Å². The van der Waals surface area contributed by atoms with E-state index in [0.29, 0.717) is 22.1 Å². The molecule has 4 aromatic rings. The molecule has 0 fully saturated rings. The molecule has 0 unspecified atom stereocenters. The Morgan fingerprint density at radius 1 is 1.07 bits per heavy atom. The van der Waals surface area contributed by atoms with Gasteiger partial charge in [0.15, 0.2) is 6.61 Å². The molecule has 28 heavy (non-hydrogen) atoms. The fraction of sp³-hybridized carbons (Fsp3) is 0.100. The summed E-state index contributed by atoms with van der Waals surface area (Å²) in [6, 6.07) is 15.5. The summed E-state index contributed by atoms with van der Waals surface area (Å²) in [5.74, 6) is -0.143. The van der Waals surface area contributed by atoms with Gasteiger partial charge in [0.25, 0.3) is 5.89 Å². The van der Waals surface area contributed by atoms with Crippen LogP contribution in [0.3, 0.4) is 0 Å². The fourth-order valence-electron chi connectivity index (χ4n) is 2.50. The van der Waals surface area contributed by atoms with E-state index < -0.39 is 5.97 Å². The van der Waals surface area contributed by atoms with Crippen molar-refractivity contribution in [3.8, 4) is 22.0 Å². The van der Waals surface area contributed by atoms with Crippen molar-refractivity contribution in [3.63, 3.8) is 0 Å². The van der Waals surface area contributed by atoms with Crippen molar-refractivity contribution >= 4 is 17.3 Å². The highest BCUT2D eigenvalue weighted by Crippen LogP contribution is 2.24. The number of ether oxygens (including phenoxy) is 1. The molecule has 0 bridgehead atoms. The van der Waals surface area contributed by atoms with E-state index >= 15 is 0 Å². The summed E-state index contributed by atoms with van der Waals surface area (Å²) in [5, 5.41) is 6.27. The molecule has 0 saturated heterocycles. The Balaban J connectivity index is 1.34. The molecule has 6 nitrogen and oxygen atoms in total. The van der Waals surface area contributed by atoms with Crippen LogP contribution in [0.1, 0.15) is 11.6 Å². The van der Waals surface area contributed by atoms with Crippen LogP contribution in [0.2, 0.25) is 0 Å². The van der Waals surface area contributed by atoms with Crippen molar-refractivity contribution in [1.29, 1.82) is 0 Å². The lowest BCUT2D eigenvalue weighted by Gasteiger charge is -2.00. The number of carbonyl (C=O) groups excluding carboxylic acids is 1. The van der Waals surface area contributed by atoms with Gasteiger partial charge in [-0.05, 0) is 12.1 Å². The van der Waals surface area contributed by atoms with Crippen molar-refractivity contribution in [2.75, 3.05) is 0 Å². The van der Waals surface area contributed by atoms with Gasteiger partial charge in [-0.3, -0.25) is 4.79 Å². The van der Waals surface area contributed by atoms with E-state index in [-0.39, 0.29) is 24.7 Å². The summed E-state index contributed by atoms with van der Waals surface area (Å²) in [7, 11) is 0. The molecular weight excluding hydrogens is 381 g/mol. The smallest absolute Gasteiger partial charge is 0.312 e. The number of thiazole rings is 1. The summed E-state index contributed by atoms with van der Waals surface area (Å²) in [4.78, 5) is 20.6. The molecule has 4 rings (SSSR count). The Kier molecular flexibility index (Phi) is 5.20. The number of rotatable bonds is 6. The van der Waals surface area contributed by atoms with E-state index in [1.54, 1.807) is 17.5 Å². The number of hydrogen-bond acceptors (Lipinski definition) is 7. The Bertz CT molecular complexity index is 1090. The topological polar surface area (TPSA) is 78.1 Å². The zero-order valence-corrected chi connectivity index (χ0v) is 15.4. The maximum atomic E-state index is 13.3. The molecule has 0 aliphatic rings. The summed E-state index contributed by atoms with van der Waals surface area (Å²) < 4.78 is 23.6. The lowest BCUT2D eigenvalue weighted by Crippen LogP contribution is -2.08. The van der Waals surface area contributed by atoms with Crippen LogP contribution in [-0.4, -0.2) is 21.1 Å². The number of benzene rings is 2. The third kappa shape index (κ3) is 4.29. The van der Waals surface area contributed by atoms with Crippen molar-refractivity contribution in [2.24, 2.45) is 0 Å². The Morgan fingerprint density at radius 3 is 2.71 bits per heavy atom. The Morgan fingerprint density at radius 2 is 1.89 bits per heavy atom. The molecule has 2 aromatic carbocycles. The molecule has 8 heteroatoms. The van der Waals surface area contributed by atoms with Gasteiger partial charge in [-0.2, -0.15) is 4.98 Å². The van der Waals surface area contributed by atoms with E-state index in [2.05, 4.69) is 15.1 Å². The number of esters is 1. The van der Waals surface area contributed by atoms with E-state index in [0.717, 1.165) is 5.56 Å². The molecule has 140 valence electrons. The Labute approximate surface area is 163 Å². The van der Waals surface area contributed by atoms with Crippen LogP contribution in [0, 0.1) is 5.82 Å². The zero-order chi connectivity index (χ0) is 19.3. The first-order valence-corrected chi connectivity index (χ1v) is 9.29. The predicted molar refractivity (Wildman–Crippen MR) is 101 cm³/mol. The average molecular weight is 395 g/mol. The number of nitrogens with zero attached hydrogens (tertiary/aromatic N) is 3. The number of carbonyl (C=O) groups is 1. The van der Waals surface area contributed by atoms with E-state index in [4.69, 9.17) is 9.26 Å². The lowest BCUT2D eigenvalue weighted by molar-refractivity contribution is -0.144. The van der Waals surface area contributed by atoms with Gasteiger partial charge >= 0.3 is 5.97 Å². The predicted octanol–water partition coefficient (Wildman–Crippen LogP) is 4.29. The summed E-state index contributed by atoms with van der Waals surface area (Å²) >= 11 is 1.34. The minimum atomic E-state index is -0.462. The molecule has 0 radical (unpaired) electrons. The van der Waals surface area contributed by atoms with Crippen LogP contribution in [0.25, 0.3) is 22.0 Å². The van der Waals surface area contributed by atoms with Gasteiger partial charge in [-0.15, -0.1) is 11.3 Å². The van der Waals surface area contributed by atoms with Crippen LogP contribution in [0.4, 0.5) is 4.39 Å². The first kappa shape index (κ1) is 18.0. The first-order chi connectivity index (χ1) is 13.7. The molecule has 0 atom stereocenters. The van der Waals surface area contributed by atoms with Gasteiger partial charge in [0.1, 0.15) is 10.8 Å². The van der Waals surface area contributed by atoms with Crippen LogP contribution >= 0.6 is 11.3 Å². The zero-order valence-electron chi connectivity index (χ0n) is 14.5. The normalized spacial score (nSPS) is 10.8. The molecule has 0 saturated carbocycles. The fourth-order valence-corrected chi connectivity index (χ4v) is 3.32. The minimum absolute atomic E-state index is 0.00545. The van der Waals surface area contributed by atoms with Crippen LogP contribution in [0.15, 0.2) is 64.5 Å². The van der Waals surface area contributed by atoms with E-state index in [1.165, 1.54) is 23.5 Å². The lowest BCUT2D eigenvalue weighted by atomic mass is 10.2. The van der Waals surface area contributed by atoms with Gasteiger partial charge < -0.3 is 9.26 Å². The third-order valence-corrected chi connectivity index (χ3v) is 4.75. The SMILES string of the molecule is O=C(Cc1csc(-c2cccc(F)c2)n1)OCc1nc(-c2ccccc2)no1. The van der Waals surface area contributed by atoms with Crippen molar-refractivity contribution < 1.29 is 18.4 Å². The van der Waals surface area contributed by atoms with E-state index in [9.17, 15) is 9.18 Å². The highest BCUT2D eigenvalue weighted by Gasteiger charge is 2.13. The van der Waals surface area contributed by atoms with Gasteiger partial charge in [-0.25, -0.2) is 9.37 Å². The average Bonchev–Trinajstić information content (AvgIpc) is 3.37. The Hall–Kier alpha value is -3.39. The molecular formula is C20H14FN3O3S. The van der Waals surface area contributed by atoms with E-state index in [1.807, 2.05) is 30.3 Å². The van der Waals surface area contributed by atoms with Crippen molar-refractivity contribution in [3.05, 3.63) is 77.4 Å². The second kappa shape index (κ2) is 8.10. The molecule has 0 N–H and O–H groups in total. The first-order valence-electron chi connectivity index (χ1n) is 8.41. The highest BCUT2D eigenvalue weighted by molar-refractivity contribution is 7.13. The quantitative estimate of drug-likeness (QED) is 0.453. The van der Waals surface area contributed by atoms with Crippen molar-refractivity contribution in [2.45, 2.75) is 13.0 Å². The van der Waals surface area contributed by atoms with Crippen LogP contribution < -0.4 is 0 Å². The third-order valence-electron chi connectivity index (χ3n) is 3.81. The maximum absolute atomic E-state index is 13.3. The monoisotopic (exact) mass is 395 g/mol. The number of hydrogen-bond donors (Lipinski definition) is 0. The summed E-state index contributed by atoms with van der Waals surface area (Å²) in [6.45, 7) is -0.112. The van der Waals surface area contributed by atoms with Gasteiger partial charge in [0, 0.05) is 16.5 Å².